The van der Waals surface area contributed by atoms with Crippen molar-refractivity contribution in [2.45, 2.75) is 6.54 Å². The Morgan fingerprint density at radius 3 is 3.04 bits per heavy atom. The largest absolute Gasteiger partial charge is 0.395 e. The minimum Gasteiger partial charge on any atom is -0.395 e. The maximum absolute atomic E-state index is 11.9. The molecule has 0 bridgehead atoms. The van der Waals surface area contributed by atoms with Gasteiger partial charge in [0.2, 0.25) is 5.78 Å². The molecule has 0 atom stereocenters. The molecule has 0 aliphatic carbocycles. The van der Waals surface area contributed by atoms with E-state index < -0.39 is 0 Å². The molecule has 0 saturated heterocycles. The molecule has 0 spiro atoms. The van der Waals surface area contributed by atoms with E-state index in [0.717, 1.165) is 11.4 Å². The summed E-state index contributed by atoms with van der Waals surface area (Å²) in [5, 5.41) is 14.7. The van der Waals surface area contributed by atoms with Crippen LogP contribution in [0.25, 0.3) is 5.78 Å². The van der Waals surface area contributed by atoms with E-state index in [1.54, 1.807) is 24.5 Å². The zero-order valence-electron chi connectivity index (χ0n) is 12.4. The van der Waals surface area contributed by atoms with E-state index in [0.29, 0.717) is 17.9 Å². The normalized spacial score (nSPS) is 10.7. The minimum absolute atomic E-state index is 0.0774. The molecule has 7 nitrogen and oxygen atoms in total. The standard InChI is InChI=1S/C16H17N5O2/c22-8-6-17-15(23)12-3-1-4-13(9-12)19-10-14-11-20-16-18-5-2-7-21(14)16/h1-5,7,9,11,19,22H,6,8,10H2,(H,17,23). The minimum atomic E-state index is -0.207. The smallest absolute Gasteiger partial charge is 0.251 e. The van der Waals surface area contributed by atoms with E-state index in [-0.39, 0.29) is 19.1 Å². The average molecular weight is 311 g/mol. The fraction of sp³-hybridized carbons (Fsp3) is 0.188. The Morgan fingerprint density at radius 2 is 2.17 bits per heavy atom. The lowest BCUT2D eigenvalue weighted by Crippen LogP contribution is -2.26. The predicted molar refractivity (Wildman–Crippen MR) is 86.2 cm³/mol. The summed E-state index contributed by atoms with van der Waals surface area (Å²) in [6, 6.07) is 9.06. The maximum Gasteiger partial charge on any atom is 0.251 e. The van der Waals surface area contributed by atoms with Gasteiger partial charge in [0.05, 0.1) is 25.0 Å². The zero-order valence-corrected chi connectivity index (χ0v) is 12.4. The second-order valence-corrected chi connectivity index (χ2v) is 4.95. The van der Waals surface area contributed by atoms with Crippen molar-refractivity contribution in [3.05, 3.63) is 60.2 Å². The number of aliphatic hydroxyl groups is 1. The molecule has 0 saturated carbocycles. The highest BCUT2D eigenvalue weighted by Crippen LogP contribution is 2.13. The van der Waals surface area contributed by atoms with E-state index in [4.69, 9.17) is 5.11 Å². The quantitative estimate of drug-likeness (QED) is 0.633. The lowest BCUT2D eigenvalue weighted by atomic mass is 10.2. The number of carbonyl (C=O) groups excluding carboxylic acids is 1. The molecule has 1 aromatic carbocycles. The molecule has 0 unspecified atom stereocenters. The summed E-state index contributed by atoms with van der Waals surface area (Å²) >= 11 is 0. The first kappa shape index (κ1) is 15.0. The van der Waals surface area contributed by atoms with Gasteiger partial charge in [0, 0.05) is 30.2 Å². The Morgan fingerprint density at radius 1 is 1.26 bits per heavy atom. The first-order valence-corrected chi connectivity index (χ1v) is 7.28. The topological polar surface area (TPSA) is 91.5 Å². The van der Waals surface area contributed by atoms with Gasteiger partial charge in [-0.2, -0.15) is 0 Å². The van der Waals surface area contributed by atoms with Crippen molar-refractivity contribution >= 4 is 17.4 Å². The average Bonchev–Trinajstić information content (AvgIpc) is 3.01. The van der Waals surface area contributed by atoms with Crippen molar-refractivity contribution in [3.63, 3.8) is 0 Å². The number of aromatic nitrogens is 3. The summed E-state index contributed by atoms with van der Waals surface area (Å²) in [6.07, 6.45) is 5.38. The van der Waals surface area contributed by atoms with Crippen LogP contribution in [0.1, 0.15) is 16.1 Å². The number of amides is 1. The molecular formula is C16H17N5O2. The third kappa shape index (κ3) is 3.46. The molecule has 0 aliphatic rings. The van der Waals surface area contributed by atoms with Crippen molar-refractivity contribution in [1.82, 2.24) is 19.7 Å². The van der Waals surface area contributed by atoms with Gasteiger partial charge in [-0.25, -0.2) is 9.97 Å². The number of carbonyl (C=O) groups is 1. The summed E-state index contributed by atoms with van der Waals surface area (Å²) in [5.74, 6) is 0.447. The van der Waals surface area contributed by atoms with Crippen LogP contribution in [-0.2, 0) is 6.54 Å². The van der Waals surface area contributed by atoms with E-state index in [1.807, 2.05) is 28.8 Å². The van der Waals surface area contributed by atoms with Crippen LogP contribution in [0, 0.1) is 0 Å². The van der Waals surface area contributed by atoms with Crippen LogP contribution in [0.5, 0.6) is 0 Å². The summed E-state index contributed by atoms with van der Waals surface area (Å²) in [5.41, 5.74) is 2.35. The summed E-state index contributed by atoms with van der Waals surface area (Å²) in [4.78, 5) is 20.3. The number of nitrogens with one attached hydrogen (secondary N) is 2. The summed E-state index contributed by atoms with van der Waals surface area (Å²) < 4.78 is 1.91. The lowest BCUT2D eigenvalue weighted by molar-refractivity contribution is 0.0945. The molecule has 23 heavy (non-hydrogen) atoms. The van der Waals surface area contributed by atoms with E-state index in [9.17, 15) is 4.79 Å². The summed E-state index contributed by atoms with van der Waals surface area (Å²) in [7, 11) is 0. The predicted octanol–water partition coefficient (Wildman–Crippen LogP) is 1.06. The van der Waals surface area contributed by atoms with Crippen LogP contribution in [-0.4, -0.2) is 38.5 Å². The second kappa shape index (κ2) is 6.89. The molecule has 3 aromatic rings. The number of imidazole rings is 1. The van der Waals surface area contributed by atoms with Crippen LogP contribution >= 0.6 is 0 Å². The van der Waals surface area contributed by atoms with Crippen LogP contribution in [0.2, 0.25) is 0 Å². The van der Waals surface area contributed by atoms with E-state index >= 15 is 0 Å². The van der Waals surface area contributed by atoms with Crippen molar-refractivity contribution < 1.29 is 9.90 Å². The van der Waals surface area contributed by atoms with E-state index in [2.05, 4.69) is 20.6 Å². The first-order valence-electron chi connectivity index (χ1n) is 7.28. The van der Waals surface area contributed by atoms with Gasteiger partial charge >= 0.3 is 0 Å². The van der Waals surface area contributed by atoms with Crippen LogP contribution in [0.4, 0.5) is 5.69 Å². The molecule has 0 fully saturated rings. The van der Waals surface area contributed by atoms with Gasteiger partial charge in [0.15, 0.2) is 0 Å². The van der Waals surface area contributed by atoms with Crippen molar-refractivity contribution in [3.8, 4) is 0 Å². The maximum atomic E-state index is 11.9. The number of fused-ring (bicyclic) bond motifs is 1. The van der Waals surface area contributed by atoms with Crippen molar-refractivity contribution in [2.24, 2.45) is 0 Å². The fourth-order valence-electron chi connectivity index (χ4n) is 2.24. The highest BCUT2D eigenvalue weighted by atomic mass is 16.3. The number of anilines is 1. The fourth-order valence-corrected chi connectivity index (χ4v) is 2.24. The van der Waals surface area contributed by atoms with Crippen LogP contribution in [0.15, 0.2) is 48.9 Å². The van der Waals surface area contributed by atoms with Crippen molar-refractivity contribution in [2.75, 3.05) is 18.5 Å². The highest BCUT2D eigenvalue weighted by molar-refractivity contribution is 5.95. The molecule has 3 rings (SSSR count). The molecule has 0 aliphatic heterocycles. The molecule has 3 N–H and O–H groups in total. The summed E-state index contributed by atoms with van der Waals surface area (Å²) in [6.45, 7) is 0.728. The highest BCUT2D eigenvalue weighted by Gasteiger charge is 2.06. The Kier molecular flexibility index (Phi) is 4.49. The molecule has 1 amide bonds. The Bertz CT molecular complexity index is 815. The number of benzene rings is 1. The monoisotopic (exact) mass is 311 g/mol. The third-order valence-electron chi connectivity index (χ3n) is 3.36. The van der Waals surface area contributed by atoms with Gasteiger partial charge in [-0.05, 0) is 24.3 Å². The van der Waals surface area contributed by atoms with E-state index in [1.165, 1.54) is 0 Å². The molecule has 0 radical (unpaired) electrons. The van der Waals surface area contributed by atoms with Gasteiger partial charge in [0.1, 0.15) is 0 Å². The number of nitrogens with zero attached hydrogens (tertiary/aromatic N) is 3. The zero-order chi connectivity index (χ0) is 16.1. The lowest BCUT2D eigenvalue weighted by Gasteiger charge is -2.08. The second-order valence-electron chi connectivity index (χ2n) is 4.95. The Balaban J connectivity index is 1.70. The Hall–Kier alpha value is -2.93. The van der Waals surface area contributed by atoms with Crippen LogP contribution < -0.4 is 10.6 Å². The van der Waals surface area contributed by atoms with Gasteiger partial charge < -0.3 is 15.7 Å². The van der Waals surface area contributed by atoms with Gasteiger partial charge in [0.25, 0.3) is 5.91 Å². The molecule has 2 aromatic heterocycles. The number of rotatable bonds is 6. The Labute approximate surface area is 133 Å². The number of hydrogen-bond donors (Lipinski definition) is 3. The third-order valence-corrected chi connectivity index (χ3v) is 3.36. The SMILES string of the molecule is O=C(NCCO)c1cccc(NCc2cnc3ncccn23)c1. The molecular weight excluding hydrogens is 294 g/mol. The number of aliphatic hydroxyl groups excluding tert-OH is 1. The first-order chi connectivity index (χ1) is 11.3. The van der Waals surface area contributed by atoms with Crippen molar-refractivity contribution in [1.29, 1.82) is 0 Å². The number of hydrogen-bond acceptors (Lipinski definition) is 5. The van der Waals surface area contributed by atoms with Gasteiger partial charge in [-0.1, -0.05) is 6.07 Å². The molecule has 118 valence electrons. The van der Waals surface area contributed by atoms with Gasteiger partial charge in [-0.3, -0.25) is 9.20 Å². The van der Waals surface area contributed by atoms with Crippen LogP contribution in [0.3, 0.4) is 0 Å². The van der Waals surface area contributed by atoms with Gasteiger partial charge in [-0.15, -0.1) is 0 Å². The molecule has 2 heterocycles. The molecule has 7 heteroatoms.